The lowest BCUT2D eigenvalue weighted by atomic mass is 9.99. The highest BCUT2D eigenvalue weighted by atomic mass is 16.7. The van der Waals surface area contributed by atoms with Gasteiger partial charge in [-0.1, -0.05) is 0 Å². The van der Waals surface area contributed by atoms with Gasteiger partial charge in [-0.2, -0.15) is 0 Å². The minimum Gasteiger partial charge on any atom is -0.508 e. The number of aliphatic hydroxyl groups is 4. The normalized spacial score (nSPS) is 34.0. The van der Waals surface area contributed by atoms with Crippen LogP contribution in [0.3, 0.4) is 0 Å². The Morgan fingerprint density at radius 2 is 1.80 bits per heavy atom. The summed E-state index contributed by atoms with van der Waals surface area (Å²) in [4.78, 5) is 0. The van der Waals surface area contributed by atoms with Crippen LogP contribution < -0.4 is 4.74 Å². The zero-order chi connectivity index (χ0) is 14.9. The minimum absolute atomic E-state index is 0.00964. The number of ether oxygens (including phenoxy) is 2. The van der Waals surface area contributed by atoms with E-state index in [2.05, 4.69) is 0 Å². The van der Waals surface area contributed by atoms with Gasteiger partial charge in [0.25, 0.3) is 0 Å². The molecule has 1 fully saturated rings. The van der Waals surface area contributed by atoms with Gasteiger partial charge in [0.1, 0.15) is 35.9 Å². The Morgan fingerprint density at radius 3 is 2.40 bits per heavy atom. The van der Waals surface area contributed by atoms with Crippen molar-refractivity contribution in [3.05, 3.63) is 23.8 Å². The third-order valence-corrected chi connectivity index (χ3v) is 3.14. The first-order valence-electron chi connectivity index (χ1n) is 6.20. The van der Waals surface area contributed by atoms with Gasteiger partial charge in [0, 0.05) is 6.07 Å². The molecular formula is C13H18O7. The van der Waals surface area contributed by atoms with Crippen LogP contribution in [0.2, 0.25) is 0 Å². The molecule has 112 valence electrons. The summed E-state index contributed by atoms with van der Waals surface area (Å²) in [5.41, 5.74) is 0.740. The van der Waals surface area contributed by atoms with Crippen molar-refractivity contribution >= 4 is 0 Å². The van der Waals surface area contributed by atoms with Gasteiger partial charge < -0.3 is 35.0 Å². The number of hydrogen-bond acceptors (Lipinski definition) is 7. The van der Waals surface area contributed by atoms with Gasteiger partial charge in [-0.05, 0) is 24.6 Å². The SMILES string of the molecule is Cc1cc(O)cc(O[C@H]2OC(CO)[C@H](O)[C@@H](O)[C@H]2O)c1. The smallest absolute Gasteiger partial charge is 0.229 e. The first kappa shape index (κ1) is 15.0. The molecule has 1 aromatic carbocycles. The van der Waals surface area contributed by atoms with E-state index in [0.29, 0.717) is 0 Å². The molecule has 1 saturated heterocycles. The van der Waals surface area contributed by atoms with E-state index in [1.54, 1.807) is 13.0 Å². The summed E-state index contributed by atoms with van der Waals surface area (Å²) in [6, 6.07) is 4.47. The van der Waals surface area contributed by atoms with E-state index < -0.39 is 37.3 Å². The molecule has 0 aliphatic carbocycles. The van der Waals surface area contributed by atoms with Crippen LogP contribution in [0.5, 0.6) is 11.5 Å². The molecule has 0 saturated carbocycles. The van der Waals surface area contributed by atoms with Crippen molar-refractivity contribution in [3.63, 3.8) is 0 Å². The molecule has 5 N–H and O–H groups in total. The van der Waals surface area contributed by atoms with Gasteiger partial charge in [0.05, 0.1) is 6.61 Å². The van der Waals surface area contributed by atoms with Crippen molar-refractivity contribution < 1.29 is 35.0 Å². The lowest BCUT2D eigenvalue weighted by Gasteiger charge is -2.39. The molecule has 1 aliphatic rings. The minimum atomic E-state index is -1.50. The van der Waals surface area contributed by atoms with E-state index in [0.717, 1.165) is 5.56 Å². The van der Waals surface area contributed by atoms with E-state index >= 15 is 0 Å². The first-order valence-corrected chi connectivity index (χ1v) is 6.20. The molecule has 5 atom stereocenters. The molecule has 1 aromatic rings. The van der Waals surface area contributed by atoms with E-state index in [-0.39, 0.29) is 11.5 Å². The fraction of sp³-hybridized carbons (Fsp3) is 0.538. The van der Waals surface area contributed by atoms with Crippen molar-refractivity contribution in [1.29, 1.82) is 0 Å². The Balaban J connectivity index is 2.15. The lowest BCUT2D eigenvalue weighted by Crippen LogP contribution is -2.60. The molecule has 0 spiro atoms. The number of benzene rings is 1. The van der Waals surface area contributed by atoms with Crippen molar-refractivity contribution in [3.8, 4) is 11.5 Å². The fourth-order valence-electron chi connectivity index (χ4n) is 2.10. The molecule has 1 heterocycles. The number of phenols is 1. The Morgan fingerprint density at radius 1 is 1.10 bits per heavy atom. The summed E-state index contributed by atoms with van der Waals surface area (Å²) in [7, 11) is 0. The van der Waals surface area contributed by atoms with Crippen LogP contribution in [0.25, 0.3) is 0 Å². The van der Waals surface area contributed by atoms with Gasteiger partial charge >= 0.3 is 0 Å². The van der Waals surface area contributed by atoms with Gasteiger partial charge in [-0.25, -0.2) is 0 Å². The summed E-state index contributed by atoms with van der Waals surface area (Å²) in [6.07, 6.45) is -6.69. The maximum Gasteiger partial charge on any atom is 0.229 e. The highest BCUT2D eigenvalue weighted by Crippen LogP contribution is 2.27. The van der Waals surface area contributed by atoms with Crippen LogP contribution in [-0.4, -0.2) is 62.8 Å². The molecule has 1 unspecified atom stereocenters. The molecule has 20 heavy (non-hydrogen) atoms. The van der Waals surface area contributed by atoms with Crippen LogP contribution in [0.4, 0.5) is 0 Å². The molecular weight excluding hydrogens is 268 g/mol. The molecule has 2 rings (SSSR count). The molecule has 7 heteroatoms. The number of rotatable bonds is 3. The second-order valence-corrected chi connectivity index (χ2v) is 4.82. The second kappa shape index (κ2) is 5.94. The van der Waals surface area contributed by atoms with Gasteiger partial charge in [-0.3, -0.25) is 0 Å². The average molecular weight is 286 g/mol. The van der Waals surface area contributed by atoms with Crippen LogP contribution in [0.15, 0.2) is 18.2 Å². The quantitative estimate of drug-likeness (QED) is 0.477. The summed E-state index contributed by atoms with van der Waals surface area (Å²) >= 11 is 0. The second-order valence-electron chi connectivity index (χ2n) is 4.82. The third kappa shape index (κ3) is 3.02. The highest BCUT2D eigenvalue weighted by molar-refractivity contribution is 5.36. The molecule has 0 amide bonds. The third-order valence-electron chi connectivity index (χ3n) is 3.14. The van der Waals surface area contributed by atoms with Crippen LogP contribution in [0.1, 0.15) is 5.56 Å². The van der Waals surface area contributed by atoms with Crippen molar-refractivity contribution in [2.45, 2.75) is 37.6 Å². The molecule has 7 nitrogen and oxygen atoms in total. The number of hydrogen-bond donors (Lipinski definition) is 5. The van der Waals surface area contributed by atoms with E-state index in [4.69, 9.17) is 14.6 Å². The topological polar surface area (TPSA) is 120 Å². The van der Waals surface area contributed by atoms with Crippen molar-refractivity contribution in [2.24, 2.45) is 0 Å². The molecule has 0 radical (unpaired) electrons. The largest absolute Gasteiger partial charge is 0.508 e. The summed E-state index contributed by atoms with van der Waals surface area (Å²) in [5.74, 6) is 0.233. The van der Waals surface area contributed by atoms with Crippen LogP contribution in [0, 0.1) is 6.92 Å². The predicted octanol–water partition coefficient (Wildman–Crippen LogP) is -1.12. The van der Waals surface area contributed by atoms with Crippen molar-refractivity contribution in [1.82, 2.24) is 0 Å². The summed E-state index contributed by atoms with van der Waals surface area (Å²) in [5, 5.41) is 47.6. The fourth-order valence-corrected chi connectivity index (χ4v) is 2.10. The Hall–Kier alpha value is -1.38. The number of aromatic hydroxyl groups is 1. The van der Waals surface area contributed by atoms with Gasteiger partial charge in [0.2, 0.25) is 6.29 Å². The monoisotopic (exact) mass is 286 g/mol. The average Bonchev–Trinajstić information content (AvgIpc) is 2.38. The molecule has 1 aliphatic heterocycles. The maximum absolute atomic E-state index is 9.82. The molecule has 0 aromatic heterocycles. The Labute approximate surface area is 115 Å². The standard InChI is InChI=1S/C13H18O7/c1-6-2-7(15)4-8(3-6)19-13-12(18)11(17)10(16)9(5-14)20-13/h2-4,9-18H,5H2,1H3/t9?,10-,11+,12+,13-/m0/s1. The summed E-state index contributed by atoms with van der Waals surface area (Å²) < 4.78 is 10.6. The van der Waals surface area contributed by atoms with E-state index in [1.165, 1.54) is 12.1 Å². The van der Waals surface area contributed by atoms with Crippen molar-refractivity contribution in [2.75, 3.05) is 6.61 Å². The van der Waals surface area contributed by atoms with Crippen LogP contribution in [-0.2, 0) is 4.74 Å². The number of phenolic OH excluding ortho intramolecular Hbond substituents is 1. The van der Waals surface area contributed by atoms with E-state index in [9.17, 15) is 20.4 Å². The zero-order valence-corrected chi connectivity index (χ0v) is 10.9. The number of aryl methyl sites for hydroxylation is 1. The highest BCUT2D eigenvalue weighted by Gasteiger charge is 2.44. The summed E-state index contributed by atoms with van der Waals surface area (Å²) in [6.45, 7) is 1.23. The zero-order valence-electron chi connectivity index (χ0n) is 10.9. The van der Waals surface area contributed by atoms with Gasteiger partial charge in [-0.15, -0.1) is 0 Å². The molecule has 0 bridgehead atoms. The first-order chi connectivity index (χ1) is 9.42. The lowest BCUT2D eigenvalue weighted by molar-refractivity contribution is -0.277. The van der Waals surface area contributed by atoms with E-state index in [1.807, 2.05) is 0 Å². The van der Waals surface area contributed by atoms with Gasteiger partial charge in [0.15, 0.2) is 0 Å². The van der Waals surface area contributed by atoms with Crippen LogP contribution >= 0.6 is 0 Å². The predicted molar refractivity (Wildman–Crippen MR) is 67.2 cm³/mol. The Kier molecular flexibility index (Phi) is 4.46. The maximum atomic E-state index is 9.82. The Bertz CT molecular complexity index is 442. The number of aliphatic hydroxyl groups excluding tert-OH is 4.